The number of benzene rings is 4. The summed E-state index contributed by atoms with van der Waals surface area (Å²) in [4.78, 5) is 11.6. The molecule has 7 heteroatoms. The van der Waals surface area contributed by atoms with Crippen LogP contribution in [0.4, 0.5) is 17.6 Å². The number of hydrogen-bond donors (Lipinski definition) is 0. The molecule has 4 aromatic heterocycles. The largest absolute Gasteiger partial charge is 0.440 e. The highest BCUT2D eigenvalue weighted by atomic mass is 32.1. The highest BCUT2D eigenvalue weighted by molar-refractivity contribution is 7.26. The van der Waals surface area contributed by atoms with Gasteiger partial charge in [-0.2, -0.15) is 0 Å². The Morgan fingerprint density at radius 1 is 0.615 bits per heavy atom. The van der Waals surface area contributed by atoms with Crippen molar-refractivity contribution in [2.45, 2.75) is 0 Å². The van der Waals surface area contributed by atoms with Gasteiger partial charge < -0.3 is 8.83 Å². The summed E-state index contributed by atoms with van der Waals surface area (Å²) >= 11 is 1.69. The first kappa shape index (κ1) is 21.1. The summed E-state index contributed by atoms with van der Waals surface area (Å²) in [6.45, 7) is -0.0699. The molecule has 1 aliphatic heterocycles. The van der Waals surface area contributed by atoms with Crippen LogP contribution in [0.2, 0.25) is 0 Å². The van der Waals surface area contributed by atoms with Gasteiger partial charge in [0.05, 0.1) is 10.2 Å². The van der Waals surface area contributed by atoms with Crippen LogP contribution in [0.3, 0.4) is 0 Å². The maximum Gasteiger partial charge on any atom is 0.257 e. The third kappa shape index (κ3) is 2.85. The Balaban J connectivity index is 1.45. The number of furan rings is 2. The van der Waals surface area contributed by atoms with E-state index in [2.05, 4.69) is 83.8 Å². The number of para-hydroxylation sites is 2. The predicted octanol–water partition coefficient (Wildman–Crippen LogP) is 6.64. The normalized spacial score (nSPS) is 13.0. The van der Waals surface area contributed by atoms with Crippen LogP contribution >= 0.6 is 11.3 Å². The first-order valence-corrected chi connectivity index (χ1v) is 13.7. The monoisotopic (exact) mass is 519 g/mol. The molecule has 0 radical (unpaired) electrons. The zero-order valence-electron chi connectivity index (χ0n) is 20.5. The Morgan fingerprint density at radius 3 is 1.90 bits per heavy atom. The van der Waals surface area contributed by atoms with Crippen molar-refractivity contribution in [1.82, 2.24) is 9.97 Å². The summed E-state index contributed by atoms with van der Waals surface area (Å²) in [5.74, 6) is 2.22. The van der Waals surface area contributed by atoms with Crippen LogP contribution in [-0.2, 0) is 0 Å². The molecule has 5 heterocycles. The molecule has 0 amide bonds. The number of anilines is 3. The standard InChI is InChI=1S/C32H18BN3O2S/c1-2-10-19(11-3-1)33-26-20-12-4-7-15-23(20)37-31(26)36(32-27(33)21-13-5-8-16-24(21)38-32)30-29-28(34-18-35-30)22-14-6-9-17-25(22)39-29/h1-18H. The maximum absolute atomic E-state index is 6.70. The molecule has 0 bridgehead atoms. The van der Waals surface area contributed by atoms with Crippen molar-refractivity contribution in [3.8, 4) is 0 Å². The lowest BCUT2D eigenvalue weighted by molar-refractivity contribution is 0.583. The zero-order chi connectivity index (χ0) is 25.5. The van der Waals surface area contributed by atoms with E-state index in [1.807, 2.05) is 24.3 Å². The molecule has 0 fully saturated rings. The van der Waals surface area contributed by atoms with E-state index in [0.717, 1.165) is 66.1 Å². The number of rotatable bonds is 2. The van der Waals surface area contributed by atoms with E-state index in [1.54, 1.807) is 17.7 Å². The second-order valence-electron chi connectivity index (χ2n) is 9.79. The Bertz CT molecular complexity index is 2130. The van der Waals surface area contributed by atoms with Crippen molar-refractivity contribution < 1.29 is 8.83 Å². The van der Waals surface area contributed by atoms with Gasteiger partial charge in [0.1, 0.15) is 17.5 Å². The summed E-state index contributed by atoms with van der Waals surface area (Å²) in [6.07, 6.45) is 1.64. The number of aromatic nitrogens is 2. The van der Waals surface area contributed by atoms with Crippen molar-refractivity contribution in [3.63, 3.8) is 0 Å². The van der Waals surface area contributed by atoms with E-state index < -0.39 is 0 Å². The molecule has 0 spiro atoms. The third-order valence-electron chi connectivity index (χ3n) is 7.70. The molecule has 0 aliphatic carbocycles. The van der Waals surface area contributed by atoms with Gasteiger partial charge in [0, 0.05) is 31.8 Å². The van der Waals surface area contributed by atoms with E-state index >= 15 is 0 Å². The van der Waals surface area contributed by atoms with E-state index in [-0.39, 0.29) is 6.71 Å². The lowest BCUT2D eigenvalue weighted by Crippen LogP contribution is -2.56. The highest BCUT2D eigenvalue weighted by Crippen LogP contribution is 2.45. The van der Waals surface area contributed by atoms with Crippen LogP contribution in [0, 0.1) is 0 Å². The van der Waals surface area contributed by atoms with Gasteiger partial charge >= 0.3 is 0 Å². The number of thiophene rings is 1. The van der Waals surface area contributed by atoms with E-state index in [1.165, 1.54) is 10.2 Å². The minimum Gasteiger partial charge on any atom is -0.440 e. The minimum atomic E-state index is -0.0699. The molecule has 0 unspecified atom stereocenters. The van der Waals surface area contributed by atoms with Gasteiger partial charge in [0.15, 0.2) is 5.82 Å². The Hall–Kier alpha value is -4.88. The highest BCUT2D eigenvalue weighted by Gasteiger charge is 2.44. The summed E-state index contributed by atoms with van der Waals surface area (Å²) in [5.41, 5.74) is 6.02. The Morgan fingerprint density at radius 2 is 1.21 bits per heavy atom. The Kier molecular flexibility index (Phi) is 4.23. The van der Waals surface area contributed by atoms with Crippen molar-refractivity contribution in [2.75, 3.05) is 4.90 Å². The molecule has 0 atom stereocenters. The smallest absolute Gasteiger partial charge is 0.257 e. The number of nitrogens with zero attached hydrogens (tertiary/aromatic N) is 3. The van der Waals surface area contributed by atoms with Crippen LogP contribution in [0.15, 0.2) is 118 Å². The molecule has 182 valence electrons. The summed E-state index contributed by atoms with van der Waals surface area (Å²) in [5, 5.41) is 3.29. The first-order chi connectivity index (χ1) is 19.4. The zero-order valence-corrected chi connectivity index (χ0v) is 21.4. The van der Waals surface area contributed by atoms with Gasteiger partial charge in [-0.05, 0) is 18.2 Å². The quantitative estimate of drug-likeness (QED) is 0.240. The van der Waals surface area contributed by atoms with Crippen molar-refractivity contribution in [3.05, 3.63) is 109 Å². The van der Waals surface area contributed by atoms with Crippen molar-refractivity contribution in [2.24, 2.45) is 0 Å². The molecular weight excluding hydrogens is 501 g/mol. The lowest BCUT2D eigenvalue weighted by Gasteiger charge is -2.29. The molecule has 0 saturated carbocycles. The van der Waals surface area contributed by atoms with Crippen LogP contribution in [0.5, 0.6) is 0 Å². The van der Waals surface area contributed by atoms with E-state index in [4.69, 9.17) is 18.8 Å². The minimum absolute atomic E-state index is 0.0699. The SMILES string of the molecule is c1ccc(B2c3c(oc4ccccc34)N(c3ncnc4c3sc3ccccc34)c3oc4ccccc4c32)cc1. The number of hydrogen-bond acceptors (Lipinski definition) is 6. The topological polar surface area (TPSA) is 55.3 Å². The van der Waals surface area contributed by atoms with Crippen LogP contribution in [-0.4, -0.2) is 16.7 Å². The third-order valence-corrected chi connectivity index (χ3v) is 8.85. The summed E-state index contributed by atoms with van der Waals surface area (Å²) in [7, 11) is 0. The summed E-state index contributed by atoms with van der Waals surface area (Å²) in [6, 6.07) is 35.5. The fraction of sp³-hybridized carbons (Fsp3) is 0. The molecule has 8 aromatic rings. The fourth-order valence-corrected chi connectivity index (χ4v) is 7.21. The second-order valence-corrected chi connectivity index (χ2v) is 10.8. The second kappa shape index (κ2) is 7.82. The van der Waals surface area contributed by atoms with Gasteiger partial charge in [-0.15, -0.1) is 11.3 Å². The Labute approximate surface area is 227 Å². The van der Waals surface area contributed by atoms with Crippen molar-refractivity contribution in [1.29, 1.82) is 0 Å². The van der Waals surface area contributed by atoms with Crippen LogP contribution < -0.4 is 21.3 Å². The lowest BCUT2D eigenvalue weighted by atomic mass is 9.35. The van der Waals surface area contributed by atoms with E-state index in [0.29, 0.717) is 0 Å². The summed E-state index contributed by atoms with van der Waals surface area (Å²) < 4.78 is 15.6. The molecule has 1 aliphatic rings. The molecule has 4 aromatic carbocycles. The average Bonchev–Trinajstić information content (AvgIpc) is 3.68. The van der Waals surface area contributed by atoms with Gasteiger partial charge in [0.25, 0.3) is 6.71 Å². The van der Waals surface area contributed by atoms with Gasteiger partial charge in [-0.3, -0.25) is 0 Å². The maximum atomic E-state index is 6.70. The van der Waals surface area contributed by atoms with Gasteiger partial charge in [-0.1, -0.05) is 90.4 Å². The average molecular weight is 519 g/mol. The first-order valence-electron chi connectivity index (χ1n) is 12.9. The molecule has 0 saturated heterocycles. The van der Waals surface area contributed by atoms with Crippen LogP contribution in [0.1, 0.15) is 0 Å². The predicted molar refractivity (Wildman–Crippen MR) is 160 cm³/mol. The molecule has 39 heavy (non-hydrogen) atoms. The van der Waals surface area contributed by atoms with Gasteiger partial charge in [0.2, 0.25) is 11.8 Å². The van der Waals surface area contributed by atoms with Crippen LogP contribution in [0.25, 0.3) is 42.2 Å². The molecular formula is C32H18BN3O2S. The fourth-order valence-electron chi connectivity index (χ4n) is 6.07. The number of fused-ring (bicyclic) bond motifs is 9. The molecule has 9 rings (SSSR count). The van der Waals surface area contributed by atoms with Crippen molar-refractivity contribution >= 4 is 94.3 Å². The van der Waals surface area contributed by atoms with E-state index in [9.17, 15) is 0 Å². The van der Waals surface area contributed by atoms with Gasteiger partial charge in [-0.25, -0.2) is 14.9 Å². The molecule has 0 N–H and O–H groups in total. The molecule has 5 nitrogen and oxygen atoms in total.